The van der Waals surface area contributed by atoms with Crippen LogP contribution in [0, 0.1) is 0 Å². The van der Waals surface area contributed by atoms with Crippen molar-refractivity contribution >= 4 is 17.9 Å². The van der Waals surface area contributed by atoms with Gasteiger partial charge in [0.25, 0.3) is 0 Å². The van der Waals surface area contributed by atoms with Gasteiger partial charge in [-0.05, 0) is 96.3 Å². The molecule has 0 aliphatic heterocycles. The van der Waals surface area contributed by atoms with Gasteiger partial charge in [-0.2, -0.15) is 0 Å². The molecule has 0 radical (unpaired) electrons. The smallest absolute Gasteiger partial charge is 0.306 e. The van der Waals surface area contributed by atoms with Crippen LogP contribution >= 0.6 is 0 Å². The summed E-state index contributed by atoms with van der Waals surface area (Å²) < 4.78 is 16.7. The van der Waals surface area contributed by atoms with Crippen LogP contribution in [0.1, 0.15) is 239 Å². The Morgan fingerprint density at radius 2 is 0.678 bits per heavy atom. The molecule has 0 rings (SSSR count). The van der Waals surface area contributed by atoms with E-state index in [0.717, 1.165) is 103 Å². The van der Waals surface area contributed by atoms with Gasteiger partial charge < -0.3 is 14.2 Å². The minimum atomic E-state index is -0.784. The van der Waals surface area contributed by atoms with E-state index in [9.17, 15) is 14.4 Å². The molecule has 0 aliphatic carbocycles. The predicted molar refractivity (Wildman–Crippen MR) is 251 cm³/mol. The number of allylic oxidation sites excluding steroid dienone is 10. The molecule has 6 heteroatoms. The molecular formula is C53H92O6. The van der Waals surface area contributed by atoms with E-state index in [4.69, 9.17) is 14.2 Å². The third-order valence-corrected chi connectivity index (χ3v) is 10.5. The number of esters is 3. The standard InChI is InChI=1S/C53H92O6/c1-4-7-10-13-16-19-22-24-26-28-29-31-34-37-40-43-46-52(55)58-49-50(48-57-51(54)45-42-39-36-33-21-18-15-12-9-6-3)59-53(56)47-44-41-38-35-32-30-27-25-23-20-17-14-11-8-5-2/h7,10,15-16,18-20,23-24,26,50H,4-6,8-9,11-14,17,21-22,25,27-49H2,1-3H3/b10-7-,18-15-,19-16-,23-20-,26-24-. The van der Waals surface area contributed by atoms with Crippen LogP contribution in [-0.4, -0.2) is 37.2 Å². The molecule has 0 amide bonds. The lowest BCUT2D eigenvalue weighted by Crippen LogP contribution is -2.30. The van der Waals surface area contributed by atoms with Crippen LogP contribution in [0.4, 0.5) is 0 Å². The van der Waals surface area contributed by atoms with Crippen LogP contribution < -0.4 is 0 Å². The van der Waals surface area contributed by atoms with Crippen molar-refractivity contribution in [2.45, 2.75) is 245 Å². The summed E-state index contributed by atoms with van der Waals surface area (Å²) in [6.45, 7) is 6.44. The predicted octanol–water partition coefficient (Wildman–Crippen LogP) is 16.1. The van der Waals surface area contributed by atoms with Crippen LogP contribution in [0.2, 0.25) is 0 Å². The minimum Gasteiger partial charge on any atom is -0.462 e. The maximum absolute atomic E-state index is 12.8. The highest BCUT2D eigenvalue weighted by Gasteiger charge is 2.19. The summed E-state index contributed by atoms with van der Waals surface area (Å²) in [4.78, 5) is 37.9. The fraction of sp³-hybridized carbons (Fsp3) is 0.755. The van der Waals surface area contributed by atoms with Crippen LogP contribution in [0.25, 0.3) is 0 Å². The van der Waals surface area contributed by atoms with E-state index in [1.165, 1.54) is 96.3 Å². The number of hydrogen-bond acceptors (Lipinski definition) is 6. The number of rotatable bonds is 44. The zero-order valence-corrected chi connectivity index (χ0v) is 38.8. The van der Waals surface area contributed by atoms with Gasteiger partial charge in [-0.25, -0.2) is 0 Å². The summed E-state index contributed by atoms with van der Waals surface area (Å²) >= 11 is 0. The largest absolute Gasteiger partial charge is 0.462 e. The number of carbonyl (C=O) groups is 3. The summed E-state index contributed by atoms with van der Waals surface area (Å²) in [6.07, 6.45) is 57.7. The summed E-state index contributed by atoms with van der Waals surface area (Å²) in [5.74, 6) is -0.916. The van der Waals surface area contributed by atoms with E-state index in [2.05, 4.69) is 81.5 Å². The maximum Gasteiger partial charge on any atom is 0.306 e. The molecular weight excluding hydrogens is 733 g/mol. The molecule has 0 aromatic carbocycles. The quantitative estimate of drug-likeness (QED) is 0.0263. The van der Waals surface area contributed by atoms with E-state index < -0.39 is 6.10 Å². The Kier molecular flexibility index (Phi) is 45.4. The Labute approximate surface area is 364 Å². The molecule has 0 heterocycles. The Hall–Kier alpha value is -2.89. The number of ether oxygens (including phenoxy) is 3. The molecule has 340 valence electrons. The molecule has 0 N–H and O–H groups in total. The molecule has 0 aromatic heterocycles. The first-order valence-electron chi connectivity index (χ1n) is 24.8. The van der Waals surface area contributed by atoms with Crippen molar-refractivity contribution in [2.75, 3.05) is 13.2 Å². The molecule has 0 fully saturated rings. The van der Waals surface area contributed by atoms with Gasteiger partial charge in [0.15, 0.2) is 6.10 Å². The van der Waals surface area contributed by atoms with E-state index in [0.29, 0.717) is 19.3 Å². The monoisotopic (exact) mass is 825 g/mol. The first kappa shape index (κ1) is 56.1. The normalized spacial score (nSPS) is 12.5. The molecule has 6 nitrogen and oxygen atoms in total. The fourth-order valence-electron chi connectivity index (χ4n) is 6.73. The van der Waals surface area contributed by atoms with Gasteiger partial charge in [0, 0.05) is 19.3 Å². The van der Waals surface area contributed by atoms with Crippen LogP contribution in [-0.2, 0) is 28.6 Å². The first-order valence-corrected chi connectivity index (χ1v) is 24.8. The van der Waals surface area contributed by atoms with E-state index in [-0.39, 0.29) is 31.1 Å². The fourth-order valence-corrected chi connectivity index (χ4v) is 6.73. The van der Waals surface area contributed by atoms with Crippen molar-refractivity contribution in [3.8, 4) is 0 Å². The molecule has 0 spiro atoms. The third kappa shape index (κ3) is 46.0. The molecule has 59 heavy (non-hydrogen) atoms. The zero-order valence-electron chi connectivity index (χ0n) is 38.8. The highest BCUT2D eigenvalue weighted by atomic mass is 16.6. The SMILES string of the molecule is CC/C=C\C/C=C\C/C=C\CCCCCCCCC(=O)OCC(COC(=O)CCCCCC/C=C\CCCC)OC(=O)CCCCCCCCC/C=C\CCCCCC. The Bertz CT molecular complexity index is 1090. The van der Waals surface area contributed by atoms with Gasteiger partial charge in [0.1, 0.15) is 13.2 Å². The second-order valence-electron chi connectivity index (χ2n) is 16.3. The molecule has 0 aliphatic rings. The zero-order chi connectivity index (χ0) is 43.0. The molecule has 0 saturated heterocycles. The van der Waals surface area contributed by atoms with Crippen molar-refractivity contribution in [3.63, 3.8) is 0 Å². The van der Waals surface area contributed by atoms with Crippen molar-refractivity contribution in [1.82, 2.24) is 0 Å². The molecule has 1 unspecified atom stereocenters. The number of hydrogen-bond donors (Lipinski definition) is 0. The van der Waals surface area contributed by atoms with Gasteiger partial charge in [-0.15, -0.1) is 0 Å². The second kappa shape index (κ2) is 47.8. The Morgan fingerprint density at radius 3 is 1.10 bits per heavy atom. The van der Waals surface area contributed by atoms with Gasteiger partial charge in [0.2, 0.25) is 0 Å². The van der Waals surface area contributed by atoms with Crippen molar-refractivity contribution in [3.05, 3.63) is 60.8 Å². The van der Waals surface area contributed by atoms with Crippen molar-refractivity contribution in [1.29, 1.82) is 0 Å². The molecule has 0 saturated carbocycles. The van der Waals surface area contributed by atoms with E-state index >= 15 is 0 Å². The van der Waals surface area contributed by atoms with Crippen LogP contribution in [0.3, 0.4) is 0 Å². The maximum atomic E-state index is 12.8. The minimum absolute atomic E-state index is 0.0863. The number of unbranched alkanes of at least 4 members (excludes halogenated alkanes) is 23. The molecule has 1 atom stereocenters. The Balaban J connectivity index is 4.39. The van der Waals surface area contributed by atoms with Gasteiger partial charge in [-0.3, -0.25) is 14.4 Å². The van der Waals surface area contributed by atoms with Gasteiger partial charge >= 0.3 is 17.9 Å². The Morgan fingerprint density at radius 1 is 0.356 bits per heavy atom. The first-order chi connectivity index (χ1) is 29.0. The topological polar surface area (TPSA) is 78.9 Å². The lowest BCUT2D eigenvalue weighted by atomic mass is 10.1. The van der Waals surface area contributed by atoms with Gasteiger partial charge in [0.05, 0.1) is 0 Å². The highest BCUT2D eigenvalue weighted by Crippen LogP contribution is 2.14. The third-order valence-electron chi connectivity index (χ3n) is 10.5. The summed E-state index contributed by atoms with van der Waals surface area (Å²) in [7, 11) is 0. The van der Waals surface area contributed by atoms with Crippen LogP contribution in [0.5, 0.6) is 0 Å². The van der Waals surface area contributed by atoms with E-state index in [1.54, 1.807) is 0 Å². The lowest BCUT2D eigenvalue weighted by molar-refractivity contribution is -0.167. The molecule has 0 bridgehead atoms. The summed E-state index contributed by atoms with van der Waals surface area (Å²) in [5.41, 5.74) is 0. The number of carbonyl (C=O) groups excluding carboxylic acids is 3. The highest BCUT2D eigenvalue weighted by molar-refractivity contribution is 5.71. The van der Waals surface area contributed by atoms with Crippen molar-refractivity contribution < 1.29 is 28.6 Å². The van der Waals surface area contributed by atoms with Crippen molar-refractivity contribution in [2.24, 2.45) is 0 Å². The molecule has 0 aromatic rings. The lowest BCUT2D eigenvalue weighted by Gasteiger charge is -2.18. The average Bonchev–Trinajstić information content (AvgIpc) is 3.23. The van der Waals surface area contributed by atoms with Gasteiger partial charge in [-0.1, -0.05) is 184 Å². The second-order valence-corrected chi connectivity index (χ2v) is 16.3. The summed E-state index contributed by atoms with van der Waals surface area (Å²) in [6, 6.07) is 0. The summed E-state index contributed by atoms with van der Waals surface area (Å²) in [5, 5.41) is 0. The van der Waals surface area contributed by atoms with Crippen LogP contribution in [0.15, 0.2) is 60.8 Å². The van der Waals surface area contributed by atoms with E-state index in [1.807, 2.05) is 0 Å². The average molecular weight is 825 g/mol.